The highest BCUT2D eigenvalue weighted by Crippen LogP contribution is 2.25. The lowest BCUT2D eigenvalue weighted by atomic mass is 10.0. The number of carbonyl (C=O) groups excluding carboxylic acids is 2. The summed E-state index contributed by atoms with van der Waals surface area (Å²) in [6.07, 6.45) is 0.220. The standard InChI is InChI=1S/C25H26N2O3/c1-26-25(29)24(21-11-7-4-8-12-21)27(18-20-13-15-22(30-2)16-14-20)23(28)17-19-9-5-3-6-10-19/h3-16,24H,17-18H2,1-2H3,(H,26,29)/t24-/m0/s1. The number of nitrogens with zero attached hydrogens (tertiary/aromatic N) is 1. The lowest BCUT2D eigenvalue weighted by molar-refractivity contribution is -0.141. The van der Waals surface area contributed by atoms with Crippen LogP contribution in [0.25, 0.3) is 0 Å². The molecule has 0 bridgehead atoms. The van der Waals surface area contributed by atoms with Crippen molar-refractivity contribution in [3.63, 3.8) is 0 Å². The van der Waals surface area contributed by atoms with Crippen LogP contribution >= 0.6 is 0 Å². The van der Waals surface area contributed by atoms with Crippen LogP contribution in [0.5, 0.6) is 5.75 Å². The maximum Gasteiger partial charge on any atom is 0.247 e. The van der Waals surface area contributed by atoms with Crippen LogP contribution in [0.2, 0.25) is 0 Å². The summed E-state index contributed by atoms with van der Waals surface area (Å²) in [5, 5.41) is 2.71. The van der Waals surface area contributed by atoms with Crippen molar-refractivity contribution in [1.82, 2.24) is 10.2 Å². The Kier molecular flexibility index (Phi) is 7.22. The molecule has 30 heavy (non-hydrogen) atoms. The molecule has 154 valence electrons. The highest BCUT2D eigenvalue weighted by Gasteiger charge is 2.30. The van der Waals surface area contributed by atoms with Crippen molar-refractivity contribution in [2.45, 2.75) is 19.0 Å². The smallest absolute Gasteiger partial charge is 0.247 e. The molecule has 2 amide bonds. The molecule has 3 aromatic carbocycles. The first-order chi connectivity index (χ1) is 14.6. The van der Waals surface area contributed by atoms with E-state index in [4.69, 9.17) is 4.74 Å². The fraction of sp³-hybridized carbons (Fsp3) is 0.200. The van der Waals surface area contributed by atoms with E-state index in [1.807, 2.05) is 84.9 Å². The van der Waals surface area contributed by atoms with Gasteiger partial charge in [0.25, 0.3) is 0 Å². The summed E-state index contributed by atoms with van der Waals surface area (Å²) in [7, 11) is 3.20. The molecule has 3 rings (SSSR count). The Morgan fingerprint density at radius 2 is 1.47 bits per heavy atom. The largest absolute Gasteiger partial charge is 0.497 e. The van der Waals surface area contributed by atoms with Crippen molar-refractivity contribution in [1.29, 1.82) is 0 Å². The number of nitrogens with one attached hydrogen (secondary N) is 1. The molecular weight excluding hydrogens is 376 g/mol. The van der Waals surface area contributed by atoms with Gasteiger partial charge in [0.15, 0.2) is 0 Å². The number of carbonyl (C=O) groups is 2. The number of methoxy groups -OCH3 is 1. The Labute approximate surface area is 177 Å². The van der Waals surface area contributed by atoms with Crippen molar-refractivity contribution < 1.29 is 14.3 Å². The third kappa shape index (κ3) is 5.26. The van der Waals surface area contributed by atoms with E-state index in [9.17, 15) is 9.59 Å². The molecule has 0 aliphatic carbocycles. The van der Waals surface area contributed by atoms with E-state index in [0.29, 0.717) is 6.54 Å². The fourth-order valence-electron chi connectivity index (χ4n) is 3.37. The van der Waals surface area contributed by atoms with Gasteiger partial charge in [0.1, 0.15) is 11.8 Å². The fourth-order valence-corrected chi connectivity index (χ4v) is 3.37. The molecule has 0 saturated carbocycles. The van der Waals surface area contributed by atoms with Crippen molar-refractivity contribution >= 4 is 11.8 Å². The van der Waals surface area contributed by atoms with Gasteiger partial charge in [-0.25, -0.2) is 0 Å². The van der Waals surface area contributed by atoms with Crippen LogP contribution in [0.15, 0.2) is 84.9 Å². The van der Waals surface area contributed by atoms with Gasteiger partial charge in [0, 0.05) is 13.6 Å². The zero-order valence-electron chi connectivity index (χ0n) is 17.2. The Bertz CT molecular complexity index is 957. The van der Waals surface area contributed by atoms with Gasteiger partial charge in [-0.15, -0.1) is 0 Å². The van der Waals surface area contributed by atoms with Crippen LogP contribution in [0.1, 0.15) is 22.7 Å². The zero-order valence-corrected chi connectivity index (χ0v) is 17.2. The molecule has 0 aromatic heterocycles. The molecule has 0 aliphatic rings. The average Bonchev–Trinajstić information content (AvgIpc) is 2.80. The molecule has 5 nitrogen and oxygen atoms in total. The van der Waals surface area contributed by atoms with Crippen LogP contribution in [0.3, 0.4) is 0 Å². The second-order valence-corrected chi connectivity index (χ2v) is 6.96. The number of likely N-dealkylation sites (N-methyl/N-ethyl adjacent to an activating group) is 1. The van der Waals surface area contributed by atoms with Gasteiger partial charge in [-0.05, 0) is 28.8 Å². The molecule has 0 aliphatic heterocycles. The van der Waals surface area contributed by atoms with Gasteiger partial charge in [0.05, 0.1) is 13.5 Å². The quantitative estimate of drug-likeness (QED) is 0.624. The lowest BCUT2D eigenvalue weighted by Gasteiger charge is -2.31. The summed E-state index contributed by atoms with van der Waals surface area (Å²) in [6.45, 7) is 0.308. The molecule has 0 radical (unpaired) electrons. The summed E-state index contributed by atoms with van der Waals surface area (Å²) in [5.41, 5.74) is 2.60. The van der Waals surface area contributed by atoms with Crippen LogP contribution in [-0.4, -0.2) is 30.9 Å². The van der Waals surface area contributed by atoms with Gasteiger partial charge in [0.2, 0.25) is 11.8 Å². The van der Waals surface area contributed by atoms with Gasteiger partial charge >= 0.3 is 0 Å². The molecule has 0 fully saturated rings. The highest BCUT2D eigenvalue weighted by molar-refractivity contribution is 5.89. The molecule has 0 unspecified atom stereocenters. The number of benzene rings is 3. The molecule has 1 atom stereocenters. The third-order valence-corrected chi connectivity index (χ3v) is 4.95. The second-order valence-electron chi connectivity index (χ2n) is 6.96. The van der Waals surface area contributed by atoms with Gasteiger partial charge in [-0.2, -0.15) is 0 Å². The van der Waals surface area contributed by atoms with Crippen LogP contribution < -0.4 is 10.1 Å². The van der Waals surface area contributed by atoms with Crippen molar-refractivity contribution in [3.05, 3.63) is 102 Å². The number of amides is 2. The predicted molar refractivity (Wildman–Crippen MR) is 117 cm³/mol. The number of rotatable bonds is 8. The van der Waals surface area contributed by atoms with E-state index < -0.39 is 6.04 Å². The lowest BCUT2D eigenvalue weighted by Crippen LogP contribution is -2.43. The summed E-state index contributed by atoms with van der Waals surface area (Å²) < 4.78 is 5.23. The van der Waals surface area contributed by atoms with E-state index in [-0.39, 0.29) is 18.2 Å². The maximum atomic E-state index is 13.4. The average molecular weight is 402 g/mol. The molecule has 0 saturated heterocycles. The Morgan fingerprint density at radius 3 is 2.03 bits per heavy atom. The Hall–Kier alpha value is -3.60. The van der Waals surface area contributed by atoms with Crippen molar-refractivity contribution in [2.24, 2.45) is 0 Å². The molecule has 0 spiro atoms. The minimum Gasteiger partial charge on any atom is -0.497 e. The molecule has 5 heteroatoms. The normalized spacial score (nSPS) is 11.4. The summed E-state index contributed by atoms with van der Waals surface area (Å²) in [6, 6.07) is 25.7. The monoisotopic (exact) mass is 402 g/mol. The molecular formula is C25H26N2O3. The Morgan fingerprint density at radius 1 is 0.867 bits per heavy atom. The van der Waals surface area contributed by atoms with E-state index in [0.717, 1.165) is 22.4 Å². The second kappa shape index (κ2) is 10.3. The zero-order chi connectivity index (χ0) is 21.3. The summed E-state index contributed by atoms with van der Waals surface area (Å²) in [5.74, 6) is 0.400. The Balaban J connectivity index is 1.97. The maximum absolute atomic E-state index is 13.4. The first kappa shape index (κ1) is 21.1. The summed E-state index contributed by atoms with van der Waals surface area (Å²) >= 11 is 0. The van der Waals surface area contributed by atoms with E-state index in [1.54, 1.807) is 19.1 Å². The first-order valence-corrected chi connectivity index (χ1v) is 9.85. The van der Waals surface area contributed by atoms with E-state index in [2.05, 4.69) is 5.32 Å². The van der Waals surface area contributed by atoms with Crippen LogP contribution in [0, 0.1) is 0 Å². The number of ether oxygens (including phenoxy) is 1. The predicted octanol–water partition coefficient (Wildman–Crippen LogP) is 3.75. The number of hydrogen-bond acceptors (Lipinski definition) is 3. The summed E-state index contributed by atoms with van der Waals surface area (Å²) in [4.78, 5) is 27.9. The van der Waals surface area contributed by atoms with Crippen LogP contribution in [-0.2, 0) is 22.6 Å². The number of hydrogen-bond donors (Lipinski definition) is 1. The minimum absolute atomic E-state index is 0.116. The minimum atomic E-state index is -0.727. The van der Waals surface area contributed by atoms with E-state index >= 15 is 0 Å². The molecule has 0 heterocycles. The molecule has 3 aromatic rings. The highest BCUT2D eigenvalue weighted by atomic mass is 16.5. The van der Waals surface area contributed by atoms with Crippen molar-refractivity contribution in [3.8, 4) is 5.75 Å². The van der Waals surface area contributed by atoms with E-state index in [1.165, 1.54) is 0 Å². The van der Waals surface area contributed by atoms with Gasteiger partial charge in [-0.3, -0.25) is 9.59 Å². The topological polar surface area (TPSA) is 58.6 Å². The van der Waals surface area contributed by atoms with Gasteiger partial charge < -0.3 is 15.0 Å². The van der Waals surface area contributed by atoms with Crippen LogP contribution in [0.4, 0.5) is 0 Å². The molecule has 1 N–H and O–H groups in total. The van der Waals surface area contributed by atoms with Crippen molar-refractivity contribution in [2.75, 3.05) is 14.2 Å². The third-order valence-electron chi connectivity index (χ3n) is 4.95. The first-order valence-electron chi connectivity index (χ1n) is 9.85. The van der Waals surface area contributed by atoms with Gasteiger partial charge in [-0.1, -0.05) is 72.8 Å². The SMILES string of the molecule is CNC(=O)[C@H](c1ccccc1)N(Cc1ccc(OC)cc1)C(=O)Cc1ccccc1.